The number of carbonyl (C=O) groups is 2. The van der Waals surface area contributed by atoms with Crippen LogP contribution in [-0.2, 0) is 19.1 Å². The van der Waals surface area contributed by atoms with Crippen molar-refractivity contribution in [3.8, 4) is 0 Å². The third-order valence-electron chi connectivity index (χ3n) is 3.36. The molecule has 0 aromatic rings. The van der Waals surface area contributed by atoms with Crippen LogP contribution in [0.1, 0.15) is 13.3 Å². The molecule has 0 unspecified atom stereocenters. The van der Waals surface area contributed by atoms with Crippen molar-refractivity contribution in [1.29, 1.82) is 0 Å². The van der Waals surface area contributed by atoms with Gasteiger partial charge >= 0.3 is 11.9 Å². The van der Waals surface area contributed by atoms with Crippen molar-refractivity contribution in [2.24, 2.45) is 0 Å². The van der Waals surface area contributed by atoms with E-state index in [1.807, 2.05) is 0 Å². The van der Waals surface area contributed by atoms with Gasteiger partial charge in [-0.05, 0) is 13.0 Å². The SMILES string of the molecule is C/C(O[C@@H]1O[C@@H](CO)[C@H](O)[C@H](O)[C@H]1O)=C(\C=C\C(=O)O)CC(=O)O. The maximum atomic E-state index is 10.9. The molecule has 0 spiro atoms. The van der Waals surface area contributed by atoms with Crippen molar-refractivity contribution in [3.63, 3.8) is 0 Å². The molecule has 0 amide bonds. The minimum absolute atomic E-state index is 0.00172. The minimum atomic E-state index is -1.66. The smallest absolute Gasteiger partial charge is 0.328 e. The summed E-state index contributed by atoms with van der Waals surface area (Å²) in [7, 11) is 0. The summed E-state index contributed by atoms with van der Waals surface area (Å²) in [6.07, 6.45) is -6.33. The van der Waals surface area contributed by atoms with Gasteiger partial charge in [0.25, 0.3) is 0 Å². The highest BCUT2D eigenvalue weighted by Gasteiger charge is 2.44. The van der Waals surface area contributed by atoms with Gasteiger partial charge in [-0.1, -0.05) is 0 Å². The Morgan fingerprint density at radius 1 is 1.08 bits per heavy atom. The molecule has 1 saturated heterocycles. The number of hydrogen-bond donors (Lipinski definition) is 6. The Balaban J connectivity index is 2.99. The van der Waals surface area contributed by atoms with Gasteiger partial charge in [-0.3, -0.25) is 4.79 Å². The molecule has 0 saturated carbocycles. The topological polar surface area (TPSA) is 174 Å². The zero-order valence-electron chi connectivity index (χ0n) is 12.8. The third kappa shape index (κ3) is 5.28. The van der Waals surface area contributed by atoms with Gasteiger partial charge in [-0.2, -0.15) is 0 Å². The summed E-state index contributed by atoms with van der Waals surface area (Å²) in [6, 6.07) is 0. The van der Waals surface area contributed by atoms with Crippen LogP contribution in [0.25, 0.3) is 0 Å². The molecule has 0 aromatic carbocycles. The Hall–Kier alpha value is -1.98. The molecule has 0 aromatic heterocycles. The summed E-state index contributed by atoms with van der Waals surface area (Å²) in [5.41, 5.74) is 0.00172. The number of aliphatic hydroxyl groups is 4. The van der Waals surface area contributed by atoms with Crippen molar-refractivity contribution in [2.45, 2.75) is 44.1 Å². The average molecular weight is 348 g/mol. The molecule has 1 rings (SSSR count). The predicted molar refractivity (Wildman–Crippen MR) is 76.6 cm³/mol. The van der Waals surface area contributed by atoms with E-state index in [1.165, 1.54) is 6.92 Å². The first kappa shape index (κ1) is 20.1. The minimum Gasteiger partial charge on any atom is -0.481 e. The Kier molecular flexibility index (Phi) is 7.32. The van der Waals surface area contributed by atoms with E-state index in [2.05, 4.69) is 0 Å². The Morgan fingerprint density at radius 3 is 2.21 bits per heavy atom. The van der Waals surface area contributed by atoms with Gasteiger partial charge in [0.1, 0.15) is 30.2 Å². The highest BCUT2D eigenvalue weighted by molar-refractivity contribution is 5.81. The summed E-state index contributed by atoms with van der Waals surface area (Å²) in [5.74, 6) is -2.59. The maximum Gasteiger partial charge on any atom is 0.328 e. The lowest BCUT2D eigenvalue weighted by molar-refractivity contribution is -0.291. The largest absolute Gasteiger partial charge is 0.481 e. The molecule has 1 heterocycles. The highest BCUT2D eigenvalue weighted by Crippen LogP contribution is 2.25. The van der Waals surface area contributed by atoms with Crippen LogP contribution in [0.5, 0.6) is 0 Å². The van der Waals surface area contributed by atoms with E-state index in [4.69, 9.17) is 24.8 Å². The summed E-state index contributed by atoms with van der Waals surface area (Å²) >= 11 is 0. The third-order valence-corrected chi connectivity index (χ3v) is 3.36. The molecule has 0 aliphatic carbocycles. The number of aliphatic hydroxyl groups excluding tert-OH is 4. The summed E-state index contributed by atoms with van der Waals surface area (Å²) in [4.78, 5) is 21.4. The molecular formula is C14H20O10. The van der Waals surface area contributed by atoms with Crippen molar-refractivity contribution >= 4 is 11.9 Å². The second kappa shape index (κ2) is 8.76. The molecule has 0 bridgehead atoms. The Morgan fingerprint density at radius 2 is 1.71 bits per heavy atom. The van der Waals surface area contributed by atoms with Crippen LogP contribution in [0.15, 0.2) is 23.5 Å². The number of allylic oxidation sites excluding steroid dienone is 2. The standard InChI is InChI=1S/C14H20O10/c1-6(7(4-10(18)19)2-3-9(16)17)23-14-13(22)12(21)11(20)8(5-15)24-14/h2-3,8,11-15,20-22H,4-5H2,1H3,(H,16,17)(H,18,19)/b3-2+,7-6-/t8-,11-,12-,13+,14+/m0/s1. The number of carboxylic acid groups (broad SMARTS) is 2. The fourth-order valence-electron chi connectivity index (χ4n) is 2.05. The van der Waals surface area contributed by atoms with Gasteiger partial charge in [0.15, 0.2) is 0 Å². The van der Waals surface area contributed by atoms with Crippen molar-refractivity contribution in [3.05, 3.63) is 23.5 Å². The molecule has 10 heteroatoms. The van der Waals surface area contributed by atoms with Crippen molar-refractivity contribution < 1.29 is 49.7 Å². The van der Waals surface area contributed by atoms with Crippen LogP contribution in [0.4, 0.5) is 0 Å². The number of aliphatic carboxylic acids is 2. The van der Waals surface area contributed by atoms with Crippen LogP contribution in [0.3, 0.4) is 0 Å². The maximum absolute atomic E-state index is 10.9. The van der Waals surface area contributed by atoms with E-state index in [-0.39, 0.29) is 11.3 Å². The molecule has 1 aliphatic rings. The van der Waals surface area contributed by atoms with Gasteiger partial charge in [0.2, 0.25) is 6.29 Å². The molecule has 136 valence electrons. The lowest BCUT2D eigenvalue weighted by Gasteiger charge is -2.39. The number of hydrogen-bond acceptors (Lipinski definition) is 8. The van der Waals surface area contributed by atoms with Crippen LogP contribution < -0.4 is 0 Å². The zero-order valence-corrected chi connectivity index (χ0v) is 12.8. The van der Waals surface area contributed by atoms with Gasteiger partial charge in [-0.25, -0.2) is 4.79 Å². The predicted octanol–water partition coefficient (Wildman–Crippen LogP) is -1.81. The Labute approximate surface area is 136 Å². The van der Waals surface area contributed by atoms with Gasteiger partial charge in [0, 0.05) is 11.6 Å². The fraction of sp³-hybridized carbons (Fsp3) is 0.571. The highest BCUT2D eigenvalue weighted by atomic mass is 16.7. The summed E-state index contributed by atoms with van der Waals surface area (Å²) in [5, 5.41) is 55.8. The Bertz CT molecular complexity index is 524. The number of ether oxygens (including phenoxy) is 2. The van der Waals surface area contributed by atoms with Gasteiger partial charge in [0.05, 0.1) is 13.0 Å². The first-order chi connectivity index (χ1) is 11.2. The first-order valence-electron chi connectivity index (χ1n) is 6.97. The van der Waals surface area contributed by atoms with Gasteiger partial charge in [-0.15, -0.1) is 0 Å². The van der Waals surface area contributed by atoms with Gasteiger partial charge < -0.3 is 40.1 Å². The summed E-state index contributed by atoms with van der Waals surface area (Å²) in [6.45, 7) is 0.681. The monoisotopic (exact) mass is 348 g/mol. The molecule has 0 radical (unpaired) electrons. The number of rotatable bonds is 7. The first-order valence-corrected chi connectivity index (χ1v) is 6.97. The molecular weight excluding hydrogens is 328 g/mol. The number of carboxylic acids is 2. The zero-order chi connectivity index (χ0) is 18.4. The van der Waals surface area contributed by atoms with Crippen molar-refractivity contribution in [1.82, 2.24) is 0 Å². The fourth-order valence-corrected chi connectivity index (χ4v) is 2.05. The van der Waals surface area contributed by atoms with E-state index in [0.717, 1.165) is 12.2 Å². The van der Waals surface area contributed by atoms with E-state index in [9.17, 15) is 24.9 Å². The van der Waals surface area contributed by atoms with E-state index >= 15 is 0 Å². The second-order valence-corrected chi connectivity index (χ2v) is 5.14. The van der Waals surface area contributed by atoms with Crippen LogP contribution in [0.2, 0.25) is 0 Å². The second-order valence-electron chi connectivity index (χ2n) is 5.14. The average Bonchev–Trinajstić information content (AvgIpc) is 2.51. The van der Waals surface area contributed by atoms with E-state index in [1.54, 1.807) is 0 Å². The van der Waals surface area contributed by atoms with Crippen LogP contribution >= 0.6 is 0 Å². The molecule has 1 fully saturated rings. The molecule has 5 atom stereocenters. The lowest BCUT2D eigenvalue weighted by Crippen LogP contribution is -2.59. The molecule has 24 heavy (non-hydrogen) atoms. The van der Waals surface area contributed by atoms with Crippen LogP contribution in [0, 0.1) is 0 Å². The quantitative estimate of drug-likeness (QED) is 0.175. The van der Waals surface area contributed by atoms with Crippen LogP contribution in [-0.4, -0.2) is 79.9 Å². The molecule has 1 aliphatic heterocycles. The lowest BCUT2D eigenvalue weighted by atomic mass is 9.99. The van der Waals surface area contributed by atoms with Crippen molar-refractivity contribution in [2.75, 3.05) is 6.61 Å². The summed E-state index contributed by atoms with van der Waals surface area (Å²) < 4.78 is 10.4. The van der Waals surface area contributed by atoms with E-state index in [0.29, 0.717) is 0 Å². The normalized spacial score (nSPS) is 31.6. The van der Waals surface area contributed by atoms with E-state index < -0.39 is 55.7 Å². The molecule has 10 nitrogen and oxygen atoms in total. The molecule has 6 N–H and O–H groups in total.